The lowest BCUT2D eigenvalue weighted by Gasteiger charge is -2.25. The number of hydrogen-bond acceptors (Lipinski definition) is 7. The van der Waals surface area contributed by atoms with E-state index in [0.717, 1.165) is 17.0 Å². The van der Waals surface area contributed by atoms with Crippen LogP contribution in [0.25, 0.3) is 11.3 Å². The van der Waals surface area contributed by atoms with E-state index in [4.69, 9.17) is 18.9 Å². The molecular formula is C20H16N2O5S. The lowest BCUT2D eigenvalue weighted by molar-refractivity contribution is -0.125. The van der Waals surface area contributed by atoms with Crippen molar-refractivity contribution in [1.29, 1.82) is 0 Å². The van der Waals surface area contributed by atoms with Crippen molar-refractivity contribution >= 4 is 22.4 Å². The smallest absolute Gasteiger partial charge is 0.270 e. The number of nitrogens with zero attached hydrogens (tertiary/aromatic N) is 1. The second-order valence-electron chi connectivity index (χ2n) is 6.25. The van der Waals surface area contributed by atoms with Gasteiger partial charge in [0, 0.05) is 10.9 Å². The Hall–Kier alpha value is -3.26. The molecule has 0 saturated heterocycles. The van der Waals surface area contributed by atoms with E-state index in [1.165, 1.54) is 11.3 Å². The molecule has 8 heteroatoms. The van der Waals surface area contributed by atoms with Crippen LogP contribution in [-0.2, 0) is 4.79 Å². The Morgan fingerprint density at radius 1 is 1.00 bits per heavy atom. The number of fused-ring (bicyclic) bond motifs is 2. The summed E-state index contributed by atoms with van der Waals surface area (Å²) < 4.78 is 22.5. The van der Waals surface area contributed by atoms with Crippen molar-refractivity contribution in [3.8, 4) is 34.3 Å². The Morgan fingerprint density at radius 2 is 1.79 bits per heavy atom. The minimum Gasteiger partial charge on any atom is -0.486 e. The summed E-state index contributed by atoms with van der Waals surface area (Å²) in [6, 6.07) is 13.0. The van der Waals surface area contributed by atoms with Crippen molar-refractivity contribution in [2.24, 2.45) is 0 Å². The number of nitrogens with one attached hydrogen (secondary N) is 1. The van der Waals surface area contributed by atoms with Gasteiger partial charge in [0.25, 0.3) is 5.91 Å². The molecule has 0 aliphatic carbocycles. The summed E-state index contributed by atoms with van der Waals surface area (Å²) in [6.07, 6.45) is -0.725. The minimum absolute atomic E-state index is 0.156. The second-order valence-corrected chi connectivity index (χ2v) is 7.11. The molecule has 0 unspecified atom stereocenters. The highest BCUT2D eigenvalue weighted by Crippen LogP contribution is 2.35. The molecule has 5 rings (SSSR count). The van der Waals surface area contributed by atoms with Gasteiger partial charge in [0.15, 0.2) is 28.1 Å². The molecule has 2 aromatic carbocycles. The van der Waals surface area contributed by atoms with E-state index >= 15 is 0 Å². The lowest BCUT2D eigenvalue weighted by atomic mass is 10.1. The van der Waals surface area contributed by atoms with Gasteiger partial charge in [-0.15, -0.1) is 11.3 Å². The Balaban J connectivity index is 1.29. The van der Waals surface area contributed by atoms with Gasteiger partial charge in [-0.3, -0.25) is 10.1 Å². The molecule has 0 radical (unpaired) electrons. The summed E-state index contributed by atoms with van der Waals surface area (Å²) in [6.45, 7) is 1.24. The summed E-state index contributed by atoms with van der Waals surface area (Å²) in [5, 5.41) is 5.18. The zero-order valence-electron chi connectivity index (χ0n) is 14.7. The number of thiazole rings is 1. The first-order chi connectivity index (χ1) is 13.8. The number of aromatic nitrogens is 1. The third-order valence-corrected chi connectivity index (χ3v) is 5.13. The molecule has 0 spiro atoms. The summed E-state index contributed by atoms with van der Waals surface area (Å²) in [5.74, 6) is 2.34. The third kappa shape index (κ3) is 3.22. The highest BCUT2D eigenvalue weighted by Gasteiger charge is 2.28. The first-order valence-electron chi connectivity index (χ1n) is 8.81. The van der Waals surface area contributed by atoms with E-state index in [1.807, 2.05) is 41.8 Å². The molecule has 1 aromatic heterocycles. The van der Waals surface area contributed by atoms with Gasteiger partial charge in [-0.2, -0.15) is 0 Å². The molecule has 2 aliphatic heterocycles. The Kier molecular flexibility index (Phi) is 4.25. The Labute approximate surface area is 164 Å². The van der Waals surface area contributed by atoms with E-state index in [0.29, 0.717) is 35.6 Å². The molecule has 0 bridgehead atoms. The van der Waals surface area contributed by atoms with Gasteiger partial charge in [0.1, 0.15) is 19.8 Å². The van der Waals surface area contributed by atoms with Gasteiger partial charge in [0.05, 0.1) is 5.69 Å². The maximum atomic E-state index is 12.5. The van der Waals surface area contributed by atoms with Gasteiger partial charge in [0.2, 0.25) is 6.10 Å². The van der Waals surface area contributed by atoms with Crippen molar-refractivity contribution in [1.82, 2.24) is 4.98 Å². The Bertz CT molecular complexity index is 1030. The molecule has 28 heavy (non-hydrogen) atoms. The van der Waals surface area contributed by atoms with Crippen LogP contribution in [0.15, 0.2) is 47.8 Å². The number of benzene rings is 2. The Morgan fingerprint density at radius 3 is 2.68 bits per heavy atom. The highest BCUT2D eigenvalue weighted by molar-refractivity contribution is 7.14. The topological polar surface area (TPSA) is 78.9 Å². The lowest BCUT2D eigenvalue weighted by Crippen LogP contribution is -2.40. The normalized spacial score (nSPS) is 17.1. The summed E-state index contributed by atoms with van der Waals surface area (Å²) in [5.41, 5.74) is 1.65. The monoisotopic (exact) mass is 396 g/mol. The van der Waals surface area contributed by atoms with Crippen molar-refractivity contribution in [3.63, 3.8) is 0 Å². The zero-order chi connectivity index (χ0) is 18.9. The fourth-order valence-corrected chi connectivity index (χ4v) is 3.72. The molecule has 7 nitrogen and oxygen atoms in total. The van der Waals surface area contributed by atoms with Gasteiger partial charge >= 0.3 is 0 Å². The van der Waals surface area contributed by atoms with Gasteiger partial charge in [-0.05, 0) is 30.3 Å². The molecule has 1 amide bonds. The fourth-order valence-electron chi connectivity index (χ4n) is 3.00. The average molecular weight is 396 g/mol. The van der Waals surface area contributed by atoms with Crippen molar-refractivity contribution in [3.05, 3.63) is 47.8 Å². The molecule has 0 saturated carbocycles. The maximum Gasteiger partial charge on any atom is 0.270 e. The summed E-state index contributed by atoms with van der Waals surface area (Å²) in [7, 11) is 0. The zero-order valence-corrected chi connectivity index (χ0v) is 15.5. The number of carbonyl (C=O) groups excluding carboxylic acids is 1. The van der Waals surface area contributed by atoms with Crippen LogP contribution >= 0.6 is 11.3 Å². The van der Waals surface area contributed by atoms with E-state index in [1.54, 1.807) is 6.07 Å². The average Bonchev–Trinajstić information content (AvgIpc) is 3.21. The summed E-state index contributed by atoms with van der Waals surface area (Å²) >= 11 is 1.35. The van der Waals surface area contributed by atoms with Crippen LogP contribution in [0.5, 0.6) is 23.0 Å². The van der Waals surface area contributed by atoms with Crippen LogP contribution < -0.4 is 24.3 Å². The SMILES string of the molecule is O=C(Nc1nc(-c2ccc3c(c2)OCCO3)cs1)[C@@H]1COc2ccccc2O1. The third-order valence-electron chi connectivity index (χ3n) is 4.37. The predicted octanol–water partition coefficient (Wildman–Crippen LogP) is 3.36. The molecular weight excluding hydrogens is 380 g/mol. The van der Waals surface area contributed by atoms with Crippen LogP contribution in [0.3, 0.4) is 0 Å². The largest absolute Gasteiger partial charge is 0.486 e. The molecule has 2 aliphatic rings. The number of anilines is 1. The van der Waals surface area contributed by atoms with Crippen molar-refractivity contribution in [2.75, 3.05) is 25.1 Å². The van der Waals surface area contributed by atoms with E-state index in [2.05, 4.69) is 10.3 Å². The van der Waals surface area contributed by atoms with Gasteiger partial charge in [-0.1, -0.05) is 12.1 Å². The number of para-hydroxylation sites is 2. The van der Waals surface area contributed by atoms with Gasteiger partial charge < -0.3 is 18.9 Å². The minimum atomic E-state index is -0.725. The molecule has 1 N–H and O–H groups in total. The quantitative estimate of drug-likeness (QED) is 0.731. The summed E-state index contributed by atoms with van der Waals surface area (Å²) in [4.78, 5) is 17.0. The first kappa shape index (κ1) is 16.9. The van der Waals surface area contributed by atoms with Crippen LogP contribution in [0.1, 0.15) is 0 Å². The molecule has 3 aromatic rings. The van der Waals surface area contributed by atoms with E-state index < -0.39 is 6.10 Å². The van der Waals surface area contributed by atoms with Crippen LogP contribution in [0.4, 0.5) is 5.13 Å². The van der Waals surface area contributed by atoms with E-state index in [-0.39, 0.29) is 12.5 Å². The number of amides is 1. The molecule has 142 valence electrons. The number of ether oxygens (including phenoxy) is 4. The highest BCUT2D eigenvalue weighted by atomic mass is 32.1. The number of carbonyl (C=O) groups is 1. The first-order valence-corrected chi connectivity index (χ1v) is 9.69. The molecule has 0 fully saturated rings. The number of hydrogen-bond donors (Lipinski definition) is 1. The molecule has 1 atom stereocenters. The molecule has 3 heterocycles. The van der Waals surface area contributed by atoms with E-state index in [9.17, 15) is 4.79 Å². The maximum absolute atomic E-state index is 12.5. The van der Waals surface area contributed by atoms with Crippen molar-refractivity contribution in [2.45, 2.75) is 6.10 Å². The second kappa shape index (κ2) is 7.05. The predicted molar refractivity (Wildman–Crippen MR) is 104 cm³/mol. The van der Waals surface area contributed by atoms with Crippen LogP contribution in [0, 0.1) is 0 Å². The fraction of sp³-hybridized carbons (Fsp3) is 0.200. The van der Waals surface area contributed by atoms with Crippen LogP contribution in [-0.4, -0.2) is 36.8 Å². The van der Waals surface area contributed by atoms with Crippen LogP contribution in [0.2, 0.25) is 0 Å². The standard InChI is InChI=1S/C20H16N2O5S/c23-19(18-10-26-14-3-1-2-4-16(14)27-18)22-20-21-13(11-28-20)12-5-6-15-17(9-12)25-8-7-24-15/h1-6,9,11,18H,7-8,10H2,(H,21,22,23)/t18-/m0/s1. The van der Waals surface area contributed by atoms with Gasteiger partial charge in [-0.25, -0.2) is 4.98 Å². The number of rotatable bonds is 3. The van der Waals surface area contributed by atoms with Crippen molar-refractivity contribution < 1.29 is 23.7 Å².